The van der Waals surface area contributed by atoms with Gasteiger partial charge in [0.25, 0.3) is 5.91 Å². The number of amides is 1. The van der Waals surface area contributed by atoms with E-state index in [0.29, 0.717) is 6.04 Å². The molecule has 0 radical (unpaired) electrons. The number of hydrogen-bond donors (Lipinski definition) is 0. The van der Waals surface area contributed by atoms with E-state index >= 15 is 0 Å². The monoisotopic (exact) mass is 338 g/mol. The molecule has 1 saturated heterocycles. The highest BCUT2D eigenvalue weighted by Crippen LogP contribution is 2.17. The highest BCUT2D eigenvalue weighted by molar-refractivity contribution is 9.10. The van der Waals surface area contributed by atoms with Gasteiger partial charge in [0.15, 0.2) is 0 Å². The van der Waals surface area contributed by atoms with Crippen molar-refractivity contribution in [1.29, 1.82) is 0 Å². The predicted molar refractivity (Wildman–Crippen MR) is 86.0 cm³/mol. The van der Waals surface area contributed by atoms with Gasteiger partial charge in [-0.3, -0.25) is 4.79 Å². The number of halogens is 1. The van der Waals surface area contributed by atoms with Crippen LogP contribution in [-0.4, -0.2) is 48.4 Å². The van der Waals surface area contributed by atoms with Crippen molar-refractivity contribution >= 4 is 21.8 Å². The molecule has 1 atom stereocenters. The summed E-state index contributed by atoms with van der Waals surface area (Å²) < 4.78 is 1.00. The maximum Gasteiger partial charge on any atom is 0.253 e. The van der Waals surface area contributed by atoms with Crippen molar-refractivity contribution < 1.29 is 4.79 Å². The lowest BCUT2D eigenvalue weighted by Gasteiger charge is -2.37. The first kappa shape index (κ1) is 15.5. The minimum Gasteiger partial charge on any atom is -0.337 e. The van der Waals surface area contributed by atoms with Crippen LogP contribution in [0.3, 0.4) is 0 Å². The maximum absolute atomic E-state index is 12.6. The molecule has 0 aliphatic carbocycles. The van der Waals surface area contributed by atoms with E-state index in [-0.39, 0.29) is 5.91 Å². The van der Waals surface area contributed by atoms with Gasteiger partial charge in [-0.25, -0.2) is 0 Å². The standard InChI is InChI=1S/C16H23BrN2O/c1-3-5-15(12-19-10-4-11-19)18(2)16(20)13-6-8-14(17)9-7-13/h6-9,15H,3-5,10-12H2,1-2H3. The van der Waals surface area contributed by atoms with Gasteiger partial charge in [-0.2, -0.15) is 0 Å². The highest BCUT2D eigenvalue weighted by Gasteiger charge is 2.25. The first-order chi connectivity index (χ1) is 9.61. The molecule has 3 nitrogen and oxygen atoms in total. The fourth-order valence-electron chi connectivity index (χ4n) is 2.56. The van der Waals surface area contributed by atoms with Crippen LogP contribution in [0.2, 0.25) is 0 Å². The number of carbonyl (C=O) groups excluding carboxylic acids is 1. The zero-order valence-electron chi connectivity index (χ0n) is 12.3. The van der Waals surface area contributed by atoms with E-state index < -0.39 is 0 Å². The van der Waals surface area contributed by atoms with Crippen molar-refractivity contribution in [3.05, 3.63) is 34.3 Å². The first-order valence-electron chi connectivity index (χ1n) is 7.37. The Labute approximate surface area is 130 Å². The van der Waals surface area contributed by atoms with Gasteiger partial charge in [-0.1, -0.05) is 29.3 Å². The Morgan fingerprint density at radius 3 is 2.50 bits per heavy atom. The molecule has 1 unspecified atom stereocenters. The molecule has 20 heavy (non-hydrogen) atoms. The smallest absolute Gasteiger partial charge is 0.253 e. The molecule has 110 valence electrons. The van der Waals surface area contributed by atoms with E-state index in [0.717, 1.165) is 29.4 Å². The van der Waals surface area contributed by atoms with E-state index in [2.05, 4.69) is 27.8 Å². The minimum atomic E-state index is 0.122. The topological polar surface area (TPSA) is 23.6 Å². The van der Waals surface area contributed by atoms with Gasteiger partial charge in [0.2, 0.25) is 0 Å². The molecule has 0 N–H and O–H groups in total. The predicted octanol–water partition coefficient (Wildman–Crippen LogP) is 3.40. The van der Waals surface area contributed by atoms with Crippen LogP contribution in [0.15, 0.2) is 28.7 Å². The summed E-state index contributed by atoms with van der Waals surface area (Å²) in [5.41, 5.74) is 0.764. The summed E-state index contributed by atoms with van der Waals surface area (Å²) in [4.78, 5) is 16.9. The summed E-state index contributed by atoms with van der Waals surface area (Å²) in [6.07, 6.45) is 3.47. The van der Waals surface area contributed by atoms with Crippen LogP contribution >= 0.6 is 15.9 Å². The number of nitrogens with zero attached hydrogens (tertiary/aromatic N) is 2. The van der Waals surface area contributed by atoms with Crippen LogP contribution in [0.25, 0.3) is 0 Å². The molecular formula is C16H23BrN2O. The minimum absolute atomic E-state index is 0.122. The van der Waals surface area contributed by atoms with Gasteiger partial charge in [0.1, 0.15) is 0 Å². The zero-order valence-corrected chi connectivity index (χ0v) is 13.9. The zero-order chi connectivity index (χ0) is 14.5. The molecule has 1 aromatic carbocycles. The van der Waals surface area contributed by atoms with Crippen LogP contribution in [0.4, 0.5) is 0 Å². The first-order valence-corrected chi connectivity index (χ1v) is 8.16. The number of rotatable bonds is 6. The summed E-state index contributed by atoms with van der Waals surface area (Å²) >= 11 is 3.40. The van der Waals surface area contributed by atoms with Crippen molar-refractivity contribution in [3.63, 3.8) is 0 Å². The van der Waals surface area contributed by atoms with Gasteiger partial charge in [-0.05, 0) is 50.2 Å². The Morgan fingerprint density at radius 2 is 2.00 bits per heavy atom. The van der Waals surface area contributed by atoms with E-state index in [4.69, 9.17) is 0 Å². The summed E-state index contributed by atoms with van der Waals surface area (Å²) in [7, 11) is 1.94. The normalized spacial score (nSPS) is 16.6. The second-order valence-electron chi connectivity index (χ2n) is 5.52. The third kappa shape index (κ3) is 3.83. The van der Waals surface area contributed by atoms with Crippen molar-refractivity contribution in [2.45, 2.75) is 32.2 Å². The molecule has 1 heterocycles. The average molecular weight is 339 g/mol. The van der Waals surface area contributed by atoms with Crippen molar-refractivity contribution in [2.75, 3.05) is 26.7 Å². The van der Waals surface area contributed by atoms with Gasteiger partial charge in [-0.15, -0.1) is 0 Å². The van der Waals surface area contributed by atoms with Crippen LogP contribution in [0.1, 0.15) is 36.5 Å². The Kier molecular flexibility index (Phi) is 5.61. The molecule has 1 aliphatic rings. The Balaban J connectivity index is 2.02. The third-order valence-electron chi connectivity index (χ3n) is 4.00. The van der Waals surface area contributed by atoms with E-state index in [1.165, 1.54) is 19.5 Å². The van der Waals surface area contributed by atoms with Gasteiger partial charge in [0.05, 0.1) is 0 Å². The number of benzene rings is 1. The average Bonchev–Trinajstić information content (AvgIpc) is 2.40. The summed E-state index contributed by atoms with van der Waals surface area (Å²) in [6.45, 7) is 5.55. The summed E-state index contributed by atoms with van der Waals surface area (Å²) in [6, 6.07) is 7.93. The summed E-state index contributed by atoms with van der Waals surface area (Å²) in [5, 5.41) is 0. The molecule has 0 bridgehead atoms. The Bertz CT molecular complexity index is 442. The molecule has 1 aromatic rings. The summed E-state index contributed by atoms with van der Waals surface area (Å²) in [5.74, 6) is 0.122. The molecule has 2 rings (SSSR count). The second kappa shape index (κ2) is 7.23. The Hall–Kier alpha value is -0.870. The number of hydrogen-bond acceptors (Lipinski definition) is 2. The van der Waals surface area contributed by atoms with Crippen LogP contribution in [0, 0.1) is 0 Å². The molecule has 1 aliphatic heterocycles. The third-order valence-corrected chi connectivity index (χ3v) is 4.53. The second-order valence-corrected chi connectivity index (χ2v) is 6.44. The molecule has 0 spiro atoms. The lowest BCUT2D eigenvalue weighted by atomic mass is 10.1. The van der Waals surface area contributed by atoms with E-state index in [1.807, 2.05) is 36.2 Å². The fraction of sp³-hybridized carbons (Fsp3) is 0.562. The molecular weight excluding hydrogens is 316 g/mol. The Morgan fingerprint density at radius 1 is 1.35 bits per heavy atom. The van der Waals surface area contributed by atoms with Gasteiger partial charge >= 0.3 is 0 Å². The van der Waals surface area contributed by atoms with Crippen molar-refractivity contribution in [1.82, 2.24) is 9.80 Å². The van der Waals surface area contributed by atoms with Crippen molar-refractivity contribution in [2.24, 2.45) is 0 Å². The van der Waals surface area contributed by atoms with E-state index in [1.54, 1.807) is 0 Å². The van der Waals surface area contributed by atoms with Gasteiger partial charge in [0, 0.05) is 29.7 Å². The van der Waals surface area contributed by atoms with Crippen molar-refractivity contribution in [3.8, 4) is 0 Å². The molecule has 0 aromatic heterocycles. The molecule has 1 fully saturated rings. The van der Waals surface area contributed by atoms with Crippen LogP contribution in [-0.2, 0) is 0 Å². The lowest BCUT2D eigenvalue weighted by molar-refractivity contribution is 0.0627. The van der Waals surface area contributed by atoms with Gasteiger partial charge < -0.3 is 9.80 Å². The van der Waals surface area contributed by atoms with E-state index in [9.17, 15) is 4.79 Å². The van der Waals surface area contributed by atoms with Crippen LogP contribution in [0.5, 0.6) is 0 Å². The largest absolute Gasteiger partial charge is 0.337 e. The molecule has 0 saturated carbocycles. The quantitative estimate of drug-likeness (QED) is 0.793. The van der Waals surface area contributed by atoms with Crippen LogP contribution < -0.4 is 0 Å². The number of likely N-dealkylation sites (N-methyl/N-ethyl adjacent to an activating group) is 1. The SMILES string of the molecule is CCCC(CN1CCC1)N(C)C(=O)c1ccc(Br)cc1. The number of carbonyl (C=O) groups is 1. The molecule has 1 amide bonds. The fourth-order valence-corrected chi connectivity index (χ4v) is 2.83. The number of likely N-dealkylation sites (tertiary alicyclic amines) is 1. The molecule has 4 heteroatoms. The maximum atomic E-state index is 12.6. The lowest BCUT2D eigenvalue weighted by Crippen LogP contribution is -2.49. The highest BCUT2D eigenvalue weighted by atomic mass is 79.9.